The van der Waals surface area contributed by atoms with Crippen molar-refractivity contribution in [3.63, 3.8) is 0 Å². The van der Waals surface area contributed by atoms with Crippen molar-refractivity contribution < 1.29 is 0 Å². The summed E-state index contributed by atoms with van der Waals surface area (Å²) in [6, 6.07) is 3.03. The van der Waals surface area contributed by atoms with E-state index in [9.17, 15) is 0 Å². The molecule has 0 spiro atoms. The molecule has 1 fully saturated rings. The van der Waals surface area contributed by atoms with Crippen LogP contribution in [0.1, 0.15) is 44.4 Å². The first-order valence-corrected chi connectivity index (χ1v) is 8.25. The van der Waals surface area contributed by atoms with Crippen LogP contribution in [0.4, 0.5) is 0 Å². The summed E-state index contributed by atoms with van der Waals surface area (Å²) in [6.07, 6.45) is 6.54. The molecule has 1 aromatic rings. The van der Waals surface area contributed by atoms with Gasteiger partial charge in [0, 0.05) is 20.8 Å². The van der Waals surface area contributed by atoms with Crippen LogP contribution in [0.15, 0.2) is 15.9 Å². The standard InChI is InChI=1S/C14H22BrNS/c1-3-6-16-12-4-5-14(2,8-12)9-13-7-11(15)10-17-13/h7,10,12,16H,3-6,8-9H2,1-2H3. The maximum atomic E-state index is 3.67. The summed E-state index contributed by atoms with van der Waals surface area (Å²) in [4.78, 5) is 1.52. The normalized spacial score (nSPS) is 28.8. The van der Waals surface area contributed by atoms with E-state index >= 15 is 0 Å². The van der Waals surface area contributed by atoms with Crippen LogP contribution in [0.2, 0.25) is 0 Å². The van der Waals surface area contributed by atoms with Gasteiger partial charge in [-0.25, -0.2) is 0 Å². The molecule has 1 heterocycles. The first-order chi connectivity index (χ1) is 8.11. The Balaban J connectivity index is 1.88. The van der Waals surface area contributed by atoms with Crippen molar-refractivity contribution in [1.29, 1.82) is 0 Å². The van der Waals surface area contributed by atoms with E-state index in [0.29, 0.717) is 5.41 Å². The summed E-state index contributed by atoms with van der Waals surface area (Å²) in [5, 5.41) is 5.87. The van der Waals surface area contributed by atoms with E-state index in [-0.39, 0.29) is 0 Å². The molecular formula is C14H22BrNS. The van der Waals surface area contributed by atoms with Crippen LogP contribution in [0.25, 0.3) is 0 Å². The molecule has 1 aliphatic carbocycles. The summed E-state index contributed by atoms with van der Waals surface area (Å²) < 4.78 is 1.24. The fraction of sp³-hybridized carbons (Fsp3) is 0.714. The highest BCUT2D eigenvalue weighted by Crippen LogP contribution is 2.41. The maximum absolute atomic E-state index is 3.67. The largest absolute Gasteiger partial charge is 0.314 e. The molecule has 0 aliphatic heterocycles. The van der Waals surface area contributed by atoms with Gasteiger partial charge in [0.05, 0.1) is 0 Å². The predicted molar refractivity (Wildman–Crippen MR) is 79.8 cm³/mol. The van der Waals surface area contributed by atoms with E-state index < -0.39 is 0 Å². The zero-order chi connectivity index (χ0) is 12.3. The number of thiophene rings is 1. The fourth-order valence-electron chi connectivity index (χ4n) is 2.87. The van der Waals surface area contributed by atoms with Crippen molar-refractivity contribution in [2.24, 2.45) is 5.41 Å². The lowest BCUT2D eigenvalue weighted by Crippen LogP contribution is -2.28. The van der Waals surface area contributed by atoms with Crippen molar-refractivity contribution in [2.75, 3.05) is 6.54 Å². The number of nitrogens with one attached hydrogen (secondary N) is 1. The summed E-state index contributed by atoms with van der Waals surface area (Å²) >= 11 is 5.43. The molecule has 1 aromatic heterocycles. The third-order valence-corrected chi connectivity index (χ3v) is 5.44. The Hall–Kier alpha value is 0.140. The molecule has 2 atom stereocenters. The second-order valence-electron chi connectivity index (χ2n) is 5.61. The van der Waals surface area contributed by atoms with Gasteiger partial charge in [0.25, 0.3) is 0 Å². The van der Waals surface area contributed by atoms with Crippen LogP contribution in [-0.4, -0.2) is 12.6 Å². The molecule has 0 saturated heterocycles. The molecule has 1 N–H and O–H groups in total. The molecule has 96 valence electrons. The monoisotopic (exact) mass is 315 g/mol. The van der Waals surface area contributed by atoms with Gasteiger partial charge >= 0.3 is 0 Å². The van der Waals surface area contributed by atoms with Gasteiger partial charge in [-0.3, -0.25) is 0 Å². The Morgan fingerprint density at radius 3 is 3.06 bits per heavy atom. The quantitative estimate of drug-likeness (QED) is 0.836. The second kappa shape index (κ2) is 5.85. The molecule has 0 radical (unpaired) electrons. The molecule has 0 bridgehead atoms. The van der Waals surface area contributed by atoms with Crippen LogP contribution >= 0.6 is 27.3 Å². The summed E-state index contributed by atoms with van der Waals surface area (Å²) in [7, 11) is 0. The van der Waals surface area contributed by atoms with E-state index in [2.05, 4.69) is 46.5 Å². The highest BCUT2D eigenvalue weighted by atomic mass is 79.9. The molecule has 1 aliphatic rings. The minimum atomic E-state index is 0.510. The lowest BCUT2D eigenvalue weighted by atomic mass is 9.84. The van der Waals surface area contributed by atoms with Gasteiger partial charge in [0.15, 0.2) is 0 Å². The highest BCUT2D eigenvalue weighted by molar-refractivity contribution is 9.10. The number of halogens is 1. The van der Waals surface area contributed by atoms with Crippen LogP contribution in [-0.2, 0) is 6.42 Å². The number of rotatable bonds is 5. The molecule has 17 heavy (non-hydrogen) atoms. The Labute approximate surface area is 117 Å². The van der Waals surface area contributed by atoms with Crippen molar-refractivity contribution in [1.82, 2.24) is 5.32 Å². The average molecular weight is 316 g/mol. The third-order valence-electron chi connectivity index (χ3n) is 3.74. The lowest BCUT2D eigenvalue weighted by molar-refractivity contribution is 0.324. The van der Waals surface area contributed by atoms with Gasteiger partial charge in [0.1, 0.15) is 0 Å². The van der Waals surface area contributed by atoms with E-state index in [1.807, 2.05) is 11.3 Å². The second-order valence-corrected chi connectivity index (χ2v) is 7.52. The first-order valence-electron chi connectivity index (χ1n) is 6.57. The van der Waals surface area contributed by atoms with Crippen molar-refractivity contribution in [2.45, 2.75) is 52.0 Å². The molecule has 0 aromatic carbocycles. The molecule has 0 amide bonds. The van der Waals surface area contributed by atoms with Crippen molar-refractivity contribution >= 4 is 27.3 Å². The molecule has 1 nitrogen and oxygen atoms in total. The minimum Gasteiger partial charge on any atom is -0.314 e. The molecular weight excluding hydrogens is 294 g/mol. The van der Waals surface area contributed by atoms with Gasteiger partial charge in [-0.15, -0.1) is 11.3 Å². The molecule has 2 rings (SSSR count). The topological polar surface area (TPSA) is 12.0 Å². The highest BCUT2D eigenvalue weighted by Gasteiger charge is 2.34. The summed E-state index contributed by atoms with van der Waals surface area (Å²) in [5.74, 6) is 0. The Kier molecular flexibility index (Phi) is 4.67. The Morgan fingerprint density at radius 2 is 2.41 bits per heavy atom. The Bertz CT molecular complexity index is 363. The lowest BCUT2D eigenvalue weighted by Gasteiger charge is -2.23. The van der Waals surface area contributed by atoms with E-state index in [1.165, 1.54) is 48.0 Å². The number of hydrogen-bond donors (Lipinski definition) is 1. The van der Waals surface area contributed by atoms with Crippen molar-refractivity contribution in [3.05, 3.63) is 20.8 Å². The van der Waals surface area contributed by atoms with Crippen LogP contribution in [0.3, 0.4) is 0 Å². The smallest absolute Gasteiger partial charge is 0.0285 e. The van der Waals surface area contributed by atoms with Gasteiger partial charge < -0.3 is 5.32 Å². The predicted octanol–water partition coefficient (Wildman–Crippen LogP) is 4.61. The SMILES string of the molecule is CCCNC1CCC(C)(Cc2cc(Br)cs2)C1. The molecule has 2 unspecified atom stereocenters. The van der Waals surface area contributed by atoms with E-state index in [1.54, 1.807) is 0 Å². The van der Waals surface area contributed by atoms with Gasteiger partial charge in [0.2, 0.25) is 0 Å². The zero-order valence-corrected chi connectivity index (χ0v) is 13.2. The summed E-state index contributed by atoms with van der Waals surface area (Å²) in [6.45, 7) is 5.86. The molecule has 3 heteroatoms. The average Bonchev–Trinajstić information content (AvgIpc) is 2.83. The van der Waals surface area contributed by atoms with Crippen LogP contribution < -0.4 is 5.32 Å². The Morgan fingerprint density at radius 1 is 1.59 bits per heavy atom. The first kappa shape index (κ1) is 13.6. The fourth-order valence-corrected chi connectivity index (χ4v) is 4.54. The third kappa shape index (κ3) is 3.80. The van der Waals surface area contributed by atoms with E-state index in [4.69, 9.17) is 0 Å². The van der Waals surface area contributed by atoms with Crippen LogP contribution in [0.5, 0.6) is 0 Å². The zero-order valence-electron chi connectivity index (χ0n) is 10.8. The van der Waals surface area contributed by atoms with Gasteiger partial charge in [-0.05, 0) is 66.1 Å². The van der Waals surface area contributed by atoms with E-state index in [0.717, 1.165) is 6.04 Å². The minimum absolute atomic E-state index is 0.510. The number of hydrogen-bond acceptors (Lipinski definition) is 2. The maximum Gasteiger partial charge on any atom is 0.0285 e. The van der Waals surface area contributed by atoms with Crippen molar-refractivity contribution in [3.8, 4) is 0 Å². The summed E-state index contributed by atoms with van der Waals surface area (Å²) in [5.41, 5.74) is 0.510. The van der Waals surface area contributed by atoms with Gasteiger partial charge in [-0.1, -0.05) is 13.8 Å². The molecule has 1 saturated carbocycles. The van der Waals surface area contributed by atoms with Crippen LogP contribution in [0, 0.1) is 5.41 Å². The van der Waals surface area contributed by atoms with Gasteiger partial charge in [-0.2, -0.15) is 0 Å².